The lowest BCUT2D eigenvalue weighted by molar-refractivity contribution is -0.138. The van der Waals surface area contributed by atoms with E-state index in [1.165, 1.54) is 0 Å². The molecule has 0 aliphatic heterocycles. The van der Waals surface area contributed by atoms with E-state index in [2.05, 4.69) is 31.9 Å². The molecule has 7 heteroatoms. The summed E-state index contributed by atoms with van der Waals surface area (Å²) in [7, 11) is 1.61. The second kappa shape index (κ2) is 7.48. The zero-order valence-corrected chi connectivity index (χ0v) is 13.3. The molecule has 0 saturated carbocycles. The van der Waals surface area contributed by atoms with Crippen molar-refractivity contribution in [2.24, 2.45) is 0 Å². The number of carboxylic acid groups (broad SMARTS) is 1. The maximum Gasteiger partial charge on any atom is 0.317 e. The third kappa shape index (κ3) is 5.48. The summed E-state index contributed by atoms with van der Waals surface area (Å²) in [6.45, 7) is 1.78. The Kier molecular flexibility index (Phi) is 6.65. The summed E-state index contributed by atoms with van der Waals surface area (Å²) in [4.78, 5) is 13.7. The maximum absolute atomic E-state index is 10.7. The molecule has 0 saturated heterocycles. The van der Waals surface area contributed by atoms with Crippen LogP contribution in [0.3, 0.4) is 0 Å². The van der Waals surface area contributed by atoms with Crippen LogP contribution in [0.15, 0.2) is 14.3 Å². The first-order chi connectivity index (χ1) is 8.02. The van der Waals surface area contributed by atoms with E-state index in [9.17, 15) is 4.79 Å². The van der Waals surface area contributed by atoms with E-state index in [1.807, 2.05) is 11.0 Å². The lowest BCUT2D eigenvalue weighted by Crippen LogP contribution is -2.31. The maximum atomic E-state index is 10.7. The summed E-state index contributed by atoms with van der Waals surface area (Å²) in [5, 5.41) is 8.82. The molecule has 17 heavy (non-hydrogen) atoms. The first-order valence-corrected chi connectivity index (χ1v) is 7.30. The molecule has 0 aromatic carbocycles. The van der Waals surface area contributed by atoms with Crippen LogP contribution in [0.2, 0.25) is 0 Å². The third-order valence-corrected chi connectivity index (χ3v) is 5.29. The molecule has 1 aromatic heterocycles. The summed E-state index contributed by atoms with van der Waals surface area (Å²) in [6, 6.07) is 2.00. The van der Waals surface area contributed by atoms with Crippen LogP contribution < -0.4 is 0 Å². The average molecular weight is 387 g/mol. The fraction of sp³-hybridized carbons (Fsp3) is 0.500. The monoisotopic (exact) mass is 385 g/mol. The van der Waals surface area contributed by atoms with Crippen molar-refractivity contribution >= 4 is 49.2 Å². The van der Waals surface area contributed by atoms with Crippen molar-refractivity contribution in [2.45, 2.75) is 6.54 Å². The minimum Gasteiger partial charge on any atom is -0.480 e. The Labute approximate surface area is 121 Å². The SMILES string of the molecule is COCCN(CC(=O)O)Cc1cc(Br)c(Br)s1. The highest BCUT2D eigenvalue weighted by atomic mass is 79.9. The van der Waals surface area contributed by atoms with E-state index in [0.717, 1.165) is 13.1 Å². The van der Waals surface area contributed by atoms with Gasteiger partial charge in [0.05, 0.1) is 16.9 Å². The topological polar surface area (TPSA) is 49.8 Å². The lowest BCUT2D eigenvalue weighted by atomic mass is 10.4. The van der Waals surface area contributed by atoms with E-state index in [0.29, 0.717) is 19.7 Å². The molecule has 4 nitrogen and oxygen atoms in total. The predicted octanol–water partition coefficient (Wildman–Crippen LogP) is 2.81. The van der Waals surface area contributed by atoms with Gasteiger partial charge in [-0.25, -0.2) is 0 Å². The first-order valence-electron chi connectivity index (χ1n) is 4.89. The Balaban J connectivity index is 2.60. The third-order valence-electron chi connectivity index (χ3n) is 2.05. The van der Waals surface area contributed by atoms with Crippen LogP contribution in [0.1, 0.15) is 4.88 Å². The molecule has 0 aliphatic rings. The van der Waals surface area contributed by atoms with E-state index in [4.69, 9.17) is 9.84 Å². The summed E-state index contributed by atoms with van der Waals surface area (Å²) in [5.41, 5.74) is 0. The van der Waals surface area contributed by atoms with Crippen molar-refractivity contribution in [3.05, 3.63) is 19.2 Å². The summed E-state index contributed by atoms with van der Waals surface area (Å²) in [5.74, 6) is -0.823. The quantitative estimate of drug-likeness (QED) is 0.782. The zero-order chi connectivity index (χ0) is 12.8. The number of ether oxygens (including phenoxy) is 1. The van der Waals surface area contributed by atoms with Crippen LogP contribution in [0.5, 0.6) is 0 Å². The molecule has 0 aliphatic carbocycles. The predicted molar refractivity (Wildman–Crippen MR) is 74.5 cm³/mol. The molecule has 0 spiro atoms. The number of thiophene rings is 1. The van der Waals surface area contributed by atoms with Crippen molar-refractivity contribution in [1.29, 1.82) is 0 Å². The van der Waals surface area contributed by atoms with Gasteiger partial charge < -0.3 is 9.84 Å². The average Bonchev–Trinajstić information content (AvgIpc) is 2.54. The van der Waals surface area contributed by atoms with E-state index < -0.39 is 5.97 Å². The number of halogens is 2. The van der Waals surface area contributed by atoms with Crippen LogP contribution in [0.25, 0.3) is 0 Å². The Hall–Kier alpha value is 0.0500. The fourth-order valence-electron chi connectivity index (χ4n) is 1.32. The van der Waals surface area contributed by atoms with Gasteiger partial charge in [-0.2, -0.15) is 0 Å². The summed E-state index contributed by atoms with van der Waals surface area (Å²) >= 11 is 8.43. The number of aliphatic carboxylic acids is 1. The highest BCUT2D eigenvalue weighted by Crippen LogP contribution is 2.32. The van der Waals surface area contributed by atoms with Gasteiger partial charge in [-0.15, -0.1) is 11.3 Å². The smallest absolute Gasteiger partial charge is 0.317 e. The van der Waals surface area contributed by atoms with Crippen LogP contribution in [0, 0.1) is 0 Å². The van der Waals surface area contributed by atoms with E-state index >= 15 is 0 Å². The van der Waals surface area contributed by atoms with Gasteiger partial charge in [0, 0.05) is 29.5 Å². The van der Waals surface area contributed by atoms with Gasteiger partial charge in [0.2, 0.25) is 0 Å². The molecule has 0 unspecified atom stereocenters. The largest absolute Gasteiger partial charge is 0.480 e. The molecule has 1 N–H and O–H groups in total. The van der Waals surface area contributed by atoms with Crippen molar-refractivity contribution in [1.82, 2.24) is 4.90 Å². The normalized spacial score (nSPS) is 11.1. The highest BCUT2D eigenvalue weighted by molar-refractivity contribution is 9.13. The molecule has 1 rings (SSSR count). The van der Waals surface area contributed by atoms with Gasteiger partial charge in [-0.05, 0) is 37.9 Å². The number of hydrogen-bond acceptors (Lipinski definition) is 4. The molecular weight excluding hydrogens is 374 g/mol. The molecule has 0 atom stereocenters. The van der Waals surface area contributed by atoms with Gasteiger partial charge in [-0.1, -0.05) is 0 Å². The molecular formula is C10H13Br2NO3S. The zero-order valence-electron chi connectivity index (χ0n) is 9.28. The number of hydrogen-bond donors (Lipinski definition) is 1. The summed E-state index contributed by atoms with van der Waals surface area (Å²) in [6.07, 6.45) is 0. The van der Waals surface area contributed by atoms with Crippen LogP contribution >= 0.6 is 43.2 Å². The van der Waals surface area contributed by atoms with Gasteiger partial charge >= 0.3 is 5.97 Å². The molecule has 1 aromatic rings. The van der Waals surface area contributed by atoms with Crippen LogP contribution in [0.4, 0.5) is 0 Å². The number of carboxylic acids is 1. The van der Waals surface area contributed by atoms with Crippen LogP contribution in [-0.2, 0) is 16.1 Å². The number of rotatable bonds is 7. The lowest BCUT2D eigenvalue weighted by Gasteiger charge is -2.18. The van der Waals surface area contributed by atoms with Crippen molar-refractivity contribution in [2.75, 3.05) is 26.8 Å². The standard InChI is InChI=1S/C10H13Br2NO3S/c1-16-3-2-13(6-9(14)15)5-7-4-8(11)10(12)17-7/h4H,2-3,5-6H2,1H3,(H,14,15). The van der Waals surface area contributed by atoms with E-state index in [-0.39, 0.29) is 6.54 Å². The minimum absolute atomic E-state index is 0.0243. The molecule has 0 amide bonds. The highest BCUT2D eigenvalue weighted by Gasteiger charge is 2.12. The molecule has 0 fully saturated rings. The Morgan fingerprint density at radius 1 is 1.59 bits per heavy atom. The van der Waals surface area contributed by atoms with Crippen molar-refractivity contribution in [3.63, 3.8) is 0 Å². The van der Waals surface area contributed by atoms with E-state index in [1.54, 1.807) is 18.4 Å². The Morgan fingerprint density at radius 2 is 2.29 bits per heavy atom. The Bertz CT molecular complexity index is 364. The fourth-order valence-corrected chi connectivity index (χ4v) is 3.53. The molecule has 96 valence electrons. The Morgan fingerprint density at radius 3 is 2.76 bits per heavy atom. The molecule has 1 heterocycles. The van der Waals surface area contributed by atoms with Crippen molar-refractivity contribution in [3.8, 4) is 0 Å². The number of methoxy groups -OCH3 is 1. The second-order valence-corrected chi connectivity index (χ2v) is 6.74. The van der Waals surface area contributed by atoms with Gasteiger partial charge in [0.15, 0.2) is 0 Å². The number of carbonyl (C=O) groups is 1. The summed E-state index contributed by atoms with van der Waals surface area (Å²) < 4.78 is 6.99. The minimum atomic E-state index is -0.823. The number of nitrogens with zero attached hydrogens (tertiary/aromatic N) is 1. The van der Waals surface area contributed by atoms with Gasteiger partial charge in [0.1, 0.15) is 0 Å². The van der Waals surface area contributed by atoms with Gasteiger partial charge in [-0.3, -0.25) is 9.69 Å². The molecule has 0 bridgehead atoms. The second-order valence-electron chi connectivity index (χ2n) is 3.43. The first kappa shape index (κ1) is 15.1. The molecule has 0 radical (unpaired) electrons. The van der Waals surface area contributed by atoms with Crippen molar-refractivity contribution < 1.29 is 14.6 Å². The van der Waals surface area contributed by atoms with Crippen LogP contribution in [-0.4, -0.2) is 42.8 Å². The van der Waals surface area contributed by atoms with Gasteiger partial charge in [0.25, 0.3) is 0 Å².